The van der Waals surface area contributed by atoms with E-state index in [4.69, 9.17) is 0 Å². The van der Waals surface area contributed by atoms with Gasteiger partial charge in [0.1, 0.15) is 6.10 Å². The van der Waals surface area contributed by atoms with Gasteiger partial charge in [-0.2, -0.15) is 8.42 Å². The summed E-state index contributed by atoms with van der Waals surface area (Å²) < 4.78 is 26.3. The maximum absolute atomic E-state index is 10.8. The highest BCUT2D eigenvalue weighted by atomic mass is 32.2. The molecule has 1 aromatic carbocycles. The third-order valence-electron chi connectivity index (χ3n) is 1.77. The topological polar surface area (TPSA) is 86.5 Å². The molecule has 0 aliphatic heterocycles. The molecule has 0 saturated heterocycles. The predicted molar refractivity (Wildman–Crippen MR) is 57.1 cm³/mol. The molecule has 0 aliphatic rings. The number of nitro benzene ring substituents is 1. The van der Waals surface area contributed by atoms with Crippen molar-refractivity contribution in [1.29, 1.82) is 0 Å². The van der Waals surface area contributed by atoms with Crippen molar-refractivity contribution in [3.8, 4) is 0 Å². The van der Waals surface area contributed by atoms with E-state index in [2.05, 4.69) is 11.1 Å². The van der Waals surface area contributed by atoms with Crippen molar-refractivity contribution in [2.45, 2.75) is 6.10 Å². The molecule has 0 fully saturated rings. The molecule has 87 valence electrons. The Morgan fingerprint density at radius 2 is 1.88 bits per heavy atom. The molecule has 16 heavy (non-hydrogen) atoms. The van der Waals surface area contributed by atoms with E-state index in [0.717, 1.165) is 6.26 Å². The van der Waals surface area contributed by atoms with Gasteiger partial charge in [0.15, 0.2) is 0 Å². The second-order valence-electron chi connectivity index (χ2n) is 3.14. The van der Waals surface area contributed by atoms with Gasteiger partial charge in [-0.05, 0) is 24.6 Å². The van der Waals surface area contributed by atoms with Crippen LogP contribution in [0.5, 0.6) is 0 Å². The summed E-state index contributed by atoms with van der Waals surface area (Å²) in [5.41, 5.74) is 0.381. The minimum Gasteiger partial charge on any atom is -0.262 e. The first kappa shape index (κ1) is 12.6. The summed E-state index contributed by atoms with van der Waals surface area (Å²) in [6.45, 7) is 3.50. The summed E-state index contributed by atoms with van der Waals surface area (Å²) in [6, 6.07) is 5.33. The first-order valence-corrected chi connectivity index (χ1v) is 6.07. The van der Waals surface area contributed by atoms with Gasteiger partial charge >= 0.3 is 0 Å². The molecule has 0 spiro atoms. The average molecular weight is 244 g/mol. The van der Waals surface area contributed by atoms with Crippen molar-refractivity contribution < 1.29 is 17.5 Å². The number of hydrogen-bond donors (Lipinski definition) is 0. The van der Waals surface area contributed by atoms with Crippen LogP contribution in [0.1, 0.15) is 11.7 Å². The van der Waals surface area contributed by atoms with Crippen molar-refractivity contribution in [3.63, 3.8) is 0 Å². The van der Waals surface area contributed by atoms with E-state index in [9.17, 15) is 18.5 Å². The molecule has 6 nitrogen and oxygen atoms in total. The van der Waals surface area contributed by atoms with E-state index in [-0.39, 0.29) is 5.69 Å². The van der Waals surface area contributed by atoms with Gasteiger partial charge in [0, 0.05) is 12.1 Å². The fourth-order valence-corrected chi connectivity index (χ4v) is 1.61. The summed E-state index contributed by atoms with van der Waals surface area (Å²) in [5.74, 6) is 0. The van der Waals surface area contributed by atoms with Crippen molar-refractivity contribution in [2.75, 3.05) is 6.26 Å². The maximum atomic E-state index is 10.8. The Balaban J connectivity index is 2.86. The van der Waals surface area contributed by atoms with Gasteiger partial charge in [-0.1, -0.05) is 0 Å². The Kier molecular flexibility index (Phi) is 3.61. The van der Waals surface area contributed by atoms with Gasteiger partial charge < -0.3 is 0 Å². The van der Waals surface area contributed by atoms with Gasteiger partial charge in [-0.25, -0.2) is 0 Å². The highest BCUT2D eigenvalue weighted by Gasteiger charge is 2.13. The van der Waals surface area contributed by atoms with Crippen LogP contribution in [0.3, 0.4) is 0 Å². The molecule has 1 radical (unpaired) electrons. The van der Waals surface area contributed by atoms with Gasteiger partial charge in [0.25, 0.3) is 15.8 Å². The summed E-state index contributed by atoms with van der Waals surface area (Å²) in [4.78, 5) is 9.83. The Morgan fingerprint density at radius 3 is 2.25 bits per heavy atom. The fourth-order valence-electron chi connectivity index (χ4n) is 1.08. The minimum atomic E-state index is -3.59. The quantitative estimate of drug-likeness (QED) is 0.454. The van der Waals surface area contributed by atoms with Crippen molar-refractivity contribution in [2.24, 2.45) is 0 Å². The summed E-state index contributed by atoms with van der Waals surface area (Å²) >= 11 is 0. The van der Waals surface area contributed by atoms with Crippen LogP contribution in [-0.2, 0) is 14.3 Å². The Labute approximate surface area is 93.1 Å². The summed E-state index contributed by atoms with van der Waals surface area (Å²) in [7, 11) is -3.59. The molecule has 0 unspecified atom stereocenters. The Bertz CT molecular complexity index is 479. The fraction of sp³-hybridized carbons (Fsp3) is 0.222. The van der Waals surface area contributed by atoms with E-state index in [1.54, 1.807) is 0 Å². The molecular formula is C9H10NO5S. The SMILES string of the molecule is [CH2][C@H](OS(C)(=O)=O)c1ccc([N+](=O)[O-])cc1. The highest BCUT2D eigenvalue weighted by molar-refractivity contribution is 7.86. The second-order valence-corrected chi connectivity index (χ2v) is 4.74. The minimum absolute atomic E-state index is 0.0738. The molecule has 7 heteroatoms. The van der Waals surface area contributed by atoms with Crippen molar-refractivity contribution >= 4 is 15.8 Å². The highest BCUT2D eigenvalue weighted by Crippen LogP contribution is 2.21. The molecule has 0 amide bonds. The van der Waals surface area contributed by atoms with Crippen LogP contribution in [0.2, 0.25) is 0 Å². The normalized spacial score (nSPS) is 13.4. The van der Waals surface area contributed by atoms with Gasteiger partial charge in [0.05, 0.1) is 11.2 Å². The van der Waals surface area contributed by atoms with Gasteiger partial charge in [-0.15, -0.1) is 0 Å². The maximum Gasteiger partial charge on any atom is 0.269 e. The third-order valence-corrected chi connectivity index (χ3v) is 2.35. The molecule has 0 aromatic heterocycles. The van der Waals surface area contributed by atoms with Crippen molar-refractivity contribution in [1.82, 2.24) is 0 Å². The lowest BCUT2D eigenvalue weighted by atomic mass is 10.1. The zero-order valence-electron chi connectivity index (χ0n) is 8.49. The molecule has 0 saturated carbocycles. The van der Waals surface area contributed by atoms with E-state index < -0.39 is 21.1 Å². The number of nitrogens with zero attached hydrogens (tertiary/aromatic N) is 1. The lowest BCUT2D eigenvalue weighted by Gasteiger charge is -2.10. The first-order chi connectivity index (χ1) is 7.29. The van der Waals surface area contributed by atoms with Crippen LogP contribution in [-0.4, -0.2) is 19.6 Å². The van der Waals surface area contributed by atoms with Crippen LogP contribution in [0.15, 0.2) is 24.3 Å². The summed E-state index contributed by atoms with van der Waals surface area (Å²) in [5, 5.41) is 10.4. The number of rotatable bonds is 4. The van der Waals surface area contributed by atoms with Gasteiger partial charge in [-0.3, -0.25) is 14.3 Å². The first-order valence-electron chi connectivity index (χ1n) is 4.25. The van der Waals surface area contributed by atoms with Crippen LogP contribution in [0.25, 0.3) is 0 Å². The lowest BCUT2D eigenvalue weighted by Crippen LogP contribution is -2.07. The third kappa shape index (κ3) is 3.59. The zero-order valence-corrected chi connectivity index (χ0v) is 9.31. The van der Waals surface area contributed by atoms with Crippen LogP contribution in [0, 0.1) is 17.0 Å². The molecular weight excluding hydrogens is 234 g/mol. The molecule has 0 heterocycles. The molecule has 1 atom stereocenters. The van der Waals surface area contributed by atoms with E-state index in [1.165, 1.54) is 24.3 Å². The Hall–Kier alpha value is -1.47. The largest absolute Gasteiger partial charge is 0.269 e. The predicted octanol–water partition coefficient (Wildman–Crippen LogP) is 1.45. The monoisotopic (exact) mass is 244 g/mol. The van der Waals surface area contributed by atoms with Crippen LogP contribution < -0.4 is 0 Å². The molecule has 0 N–H and O–H groups in total. The smallest absolute Gasteiger partial charge is 0.262 e. The number of non-ortho nitro benzene ring substituents is 1. The van der Waals surface area contributed by atoms with Crippen LogP contribution in [0.4, 0.5) is 5.69 Å². The number of hydrogen-bond acceptors (Lipinski definition) is 5. The molecule has 0 bridgehead atoms. The average Bonchev–Trinajstić information content (AvgIpc) is 2.15. The van der Waals surface area contributed by atoms with E-state index in [0.29, 0.717) is 5.56 Å². The number of benzene rings is 1. The van der Waals surface area contributed by atoms with Gasteiger partial charge in [0.2, 0.25) is 0 Å². The molecule has 1 rings (SSSR count). The standard InChI is InChI=1S/C9H10NO5S/c1-7(15-16(2,13)14)8-3-5-9(6-4-8)10(11)12/h3-7H,1H2,2H3/t7-/m0/s1. The lowest BCUT2D eigenvalue weighted by molar-refractivity contribution is -0.384. The van der Waals surface area contributed by atoms with Crippen molar-refractivity contribution in [3.05, 3.63) is 46.9 Å². The Morgan fingerprint density at radius 1 is 1.38 bits per heavy atom. The van der Waals surface area contributed by atoms with E-state index in [1.807, 2.05) is 0 Å². The molecule has 0 aliphatic carbocycles. The number of nitro groups is 1. The zero-order chi connectivity index (χ0) is 12.3. The van der Waals surface area contributed by atoms with E-state index >= 15 is 0 Å². The second kappa shape index (κ2) is 4.58. The van der Waals surface area contributed by atoms with Crippen LogP contribution >= 0.6 is 0 Å². The summed E-state index contributed by atoms with van der Waals surface area (Å²) in [6.07, 6.45) is 0.00660. The molecule has 1 aromatic rings.